The van der Waals surface area contributed by atoms with Crippen molar-refractivity contribution in [1.82, 2.24) is 4.98 Å². The summed E-state index contributed by atoms with van der Waals surface area (Å²) in [6.07, 6.45) is 3.88. The topological polar surface area (TPSA) is 76.5 Å². The lowest BCUT2D eigenvalue weighted by Crippen LogP contribution is -2.30. The molecule has 1 fully saturated rings. The highest BCUT2D eigenvalue weighted by molar-refractivity contribution is 7.91. The van der Waals surface area contributed by atoms with Gasteiger partial charge in [-0.05, 0) is 60.9 Å². The van der Waals surface area contributed by atoms with Crippen molar-refractivity contribution in [2.45, 2.75) is 44.8 Å². The minimum atomic E-state index is -2.89. The molecule has 0 saturated carbocycles. The molecular formula is C20H23NO4S. The molecule has 4 rings (SSSR count). The number of hydrogen-bond donors (Lipinski definition) is 1. The van der Waals surface area contributed by atoms with Crippen LogP contribution in [-0.4, -0.2) is 36.1 Å². The highest BCUT2D eigenvalue weighted by Crippen LogP contribution is 2.34. The zero-order chi connectivity index (χ0) is 18.1. The summed E-state index contributed by atoms with van der Waals surface area (Å²) in [5, 5.41) is 9.44. The van der Waals surface area contributed by atoms with E-state index in [-0.39, 0.29) is 24.2 Å². The van der Waals surface area contributed by atoms with Gasteiger partial charge < -0.3 is 9.84 Å². The molecule has 6 heteroatoms. The molecule has 0 amide bonds. The van der Waals surface area contributed by atoms with Gasteiger partial charge in [0.25, 0.3) is 0 Å². The van der Waals surface area contributed by atoms with Crippen molar-refractivity contribution >= 4 is 9.84 Å². The van der Waals surface area contributed by atoms with Crippen molar-refractivity contribution in [3.63, 3.8) is 0 Å². The van der Waals surface area contributed by atoms with Crippen LogP contribution in [0.5, 0.6) is 5.88 Å². The Labute approximate surface area is 154 Å². The molecule has 1 aromatic carbocycles. The van der Waals surface area contributed by atoms with Gasteiger partial charge in [-0.3, -0.25) is 0 Å². The minimum Gasteiger partial charge on any atom is -0.474 e. The maximum absolute atomic E-state index is 11.6. The zero-order valence-corrected chi connectivity index (χ0v) is 15.5. The molecule has 26 heavy (non-hydrogen) atoms. The quantitative estimate of drug-likeness (QED) is 0.895. The number of pyridine rings is 1. The maximum Gasteiger partial charge on any atom is 0.213 e. The van der Waals surface area contributed by atoms with Crippen molar-refractivity contribution in [3.05, 3.63) is 47.2 Å². The molecular weight excluding hydrogens is 350 g/mol. The van der Waals surface area contributed by atoms with Gasteiger partial charge in [-0.1, -0.05) is 12.1 Å². The van der Waals surface area contributed by atoms with Crippen molar-refractivity contribution in [2.24, 2.45) is 0 Å². The average molecular weight is 373 g/mol. The molecule has 1 aromatic heterocycles. The van der Waals surface area contributed by atoms with Crippen LogP contribution in [0.3, 0.4) is 0 Å². The Balaban J connectivity index is 1.60. The normalized spacial score (nSPS) is 19.3. The van der Waals surface area contributed by atoms with Gasteiger partial charge in [0.15, 0.2) is 9.84 Å². The van der Waals surface area contributed by atoms with Gasteiger partial charge in [0.2, 0.25) is 5.88 Å². The first-order valence-corrected chi connectivity index (χ1v) is 11.0. The second-order valence-electron chi connectivity index (χ2n) is 7.12. The highest BCUT2D eigenvalue weighted by Gasteiger charge is 2.25. The van der Waals surface area contributed by atoms with Gasteiger partial charge in [-0.25, -0.2) is 13.4 Å². The monoisotopic (exact) mass is 373 g/mol. The maximum atomic E-state index is 11.6. The molecule has 2 aliphatic rings. The van der Waals surface area contributed by atoms with Crippen molar-refractivity contribution in [1.29, 1.82) is 0 Å². The van der Waals surface area contributed by atoms with Gasteiger partial charge in [0.05, 0.1) is 23.8 Å². The predicted octanol–water partition coefficient (Wildman–Crippen LogP) is 2.69. The third-order valence-electron chi connectivity index (χ3n) is 5.24. The van der Waals surface area contributed by atoms with Crippen molar-refractivity contribution < 1.29 is 18.3 Å². The molecule has 0 spiro atoms. The van der Waals surface area contributed by atoms with E-state index in [2.05, 4.69) is 6.07 Å². The summed E-state index contributed by atoms with van der Waals surface area (Å²) >= 11 is 0. The number of ether oxygens (including phenoxy) is 1. The van der Waals surface area contributed by atoms with Gasteiger partial charge in [0, 0.05) is 11.6 Å². The van der Waals surface area contributed by atoms with Gasteiger partial charge in [-0.2, -0.15) is 0 Å². The van der Waals surface area contributed by atoms with E-state index in [0.29, 0.717) is 18.7 Å². The van der Waals surface area contributed by atoms with E-state index < -0.39 is 9.84 Å². The standard InChI is InChI=1S/C20H23NO4S/c22-13-14-4-5-15-2-1-3-19-17(18(15)12-14)6-7-20(21-19)25-16-8-10-26(23,24)11-9-16/h4-7,12,16,22H,1-3,8-11,13H2. The Bertz CT molecular complexity index is 909. The number of nitrogens with zero attached hydrogens (tertiary/aromatic N) is 1. The molecule has 2 aromatic rings. The summed E-state index contributed by atoms with van der Waals surface area (Å²) in [5.74, 6) is 0.967. The minimum absolute atomic E-state index is 0.0296. The molecule has 138 valence electrons. The van der Waals surface area contributed by atoms with Crippen molar-refractivity contribution in [2.75, 3.05) is 11.5 Å². The number of fused-ring (bicyclic) bond motifs is 3. The Kier molecular flexibility index (Phi) is 4.71. The molecule has 1 aliphatic heterocycles. The van der Waals surface area contributed by atoms with E-state index in [0.717, 1.165) is 41.6 Å². The molecule has 2 heterocycles. The molecule has 0 bridgehead atoms. The molecule has 0 atom stereocenters. The third-order valence-corrected chi connectivity index (χ3v) is 6.96. The summed E-state index contributed by atoms with van der Waals surface area (Å²) in [5.41, 5.74) is 5.45. The fourth-order valence-corrected chi connectivity index (χ4v) is 5.22. The Morgan fingerprint density at radius 2 is 1.88 bits per heavy atom. The Morgan fingerprint density at radius 3 is 2.65 bits per heavy atom. The summed E-state index contributed by atoms with van der Waals surface area (Å²) in [6.45, 7) is 0.0296. The summed E-state index contributed by atoms with van der Waals surface area (Å²) in [4.78, 5) is 4.72. The number of aromatic nitrogens is 1. The second-order valence-corrected chi connectivity index (χ2v) is 9.42. The van der Waals surface area contributed by atoms with Crippen LogP contribution < -0.4 is 4.74 Å². The number of aliphatic hydroxyl groups excluding tert-OH is 1. The molecule has 1 N–H and O–H groups in total. The zero-order valence-electron chi connectivity index (χ0n) is 14.6. The van der Waals surface area contributed by atoms with Crippen LogP contribution in [0.15, 0.2) is 30.3 Å². The van der Waals surface area contributed by atoms with Crippen LogP contribution in [0, 0.1) is 0 Å². The lowest BCUT2D eigenvalue weighted by atomic mass is 9.97. The Hall–Kier alpha value is -1.92. The number of hydrogen-bond acceptors (Lipinski definition) is 5. The number of rotatable bonds is 3. The van der Waals surface area contributed by atoms with E-state index in [1.165, 1.54) is 5.56 Å². The van der Waals surface area contributed by atoms with Crippen LogP contribution in [-0.2, 0) is 29.3 Å². The van der Waals surface area contributed by atoms with Gasteiger partial charge >= 0.3 is 0 Å². The van der Waals surface area contributed by atoms with Crippen molar-refractivity contribution in [3.8, 4) is 17.0 Å². The summed E-state index contributed by atoms with van der Waals surface area (Å²) in [6, 6.07) is 10.0. The largest absolute Gasteiger partial charge is 0.474 e. The lowest BCUT2D eigenvalue weighted by Gasteiger charge is -2.23. The fourth-order valence-electron chi connectivity index (χ4n) is 3.78. The van der Waals surface area contributed by atoms with Crippen LogP contribution in [0.25, 0.3) is 11.1 Å². The van der Waals surface area contributed by atoms with Crippen LogP contribution in [0.1, 0.15) is 36.1 Å². The molecule has 1 saturated heterocycles. The van der Waals surface area contributed by atoms with E-state index in [1.54, 1.807) is 0 Å². The number of aliphatic hydroxyl groups is 1. The molecule has 1 aliphatic carbocycles. The van der Waals surface area contributed by atoms with E-state index >= 15 is 0 Å². The smallest absolute Gasteiger partial charge is 0.213 e. The first-order valence-electron chi connectivity index (χ1n) is 9.14. The van der Waals surface area contributed by atoms with E-state index in [1.807, 2.05) is 24.3 Å². The predicted molar refractivity (Wildman–Crippen MR) is 99.9 cm³/mol. The van der Waals surface area contributed by atoms with Crippen LogP contribution in [0.4, 0.5) is 0 Å². The molecule has 0 unspecified atom stereocenters. The number of aryl methyl sites for hydroxylation is 2. The Morgan fingerprint density at radius 1 is 1.08 bits per heavy atom. The lowest BCUT2D eigenvalue weighted by molar-refractivity contribution is 0.181. The van der Waals surface area contributed by atoms with Crippen LogP contribution in [0.2, 0.25) is 0 Å². The molecule has 0 radical (unpaired) electrons. The summed E-state index contributed by atoms with van der Waals surface area (Å²) in [7, 11) is -2.89. The second kappa shape index (κ2) is 7.00. The van der Waals surface area contributed by atoms with E-state index in [9.17, 15) is 13.5 Å². The highest BCUT2D eigenvalue weighted by atomic mass is 32.2. The van der Waals surface area contributed by atoms with Gasteiger partial charge in [0.1, 0.15) is 6.10 Å². The van der Waals surface area contributed by atoms with Gasteiger partial charge in [-0.15, -0.1) is 0 Å². The van der Waals surface area contributed by atoms with E-state index in [4.69, 9.17) is 9.72 Å². The number of benzene rings is 1. The van der Waals surface area contributed by atoms with Crippen LogP contribution >= 0.6 is 0 Å². The fraction of sp³-hybridized carbons (Fsp3) is 0.450. The first-order chi connectivity index (χ1) is 12.5. The third kappa shape index (κ3) is 3.62. The summed E-state index contributed by atoms with van der Waals surface area (Å²) < 4.78 is 29.1. The SMILES string of the molecule is O=S1(=O)CCC(Oc2ccc3c(n2)CCCc2ccc(CO)cc2-3)CC1. The number of sulfone groups is 1. The molecule has 5 nitrogen and oxygen atoms in total. The first kappa shape index (κ1) is 17.5. The average Bonchev–Trinajstić information content (AvgIpc) is 2.81.